The molecule has 1 aromatic rings. The second-order valence-corrected chi connectivity index (χ2v) is 5.55. The summed E-state index contributed by atoms with van der Waals surface area (Å²) < 4.78 is 5.98. The highest BCUT2D eigenvalue weighted by atomic mass is 16.5. The number of rotatable bonds is 6. The van der Waals surface area contributed by atoms with Crippen molar-refractivity contribution >= 4 is 0 Å². The average Bonchev–Trinajstić information content (AvgIpc) is 2.52. The summed E-state index contributed by atoms with van der Waals surface area (Å²) >= 11 is 0. The van der Waals surface area contributed by atoms with Crippen molar-refractivity contribution in [2.45, 2.75) is 57.8 Å². The van der Waals surface area contributed by atoms with Crippen LogP contribution in [0.1, 0.15) is 50.2 Å². The van der Waals surface area contributed by atoms with Crippen LogP contribution < -0.4 is 5.32 Å². The Hall–Kier alpha value is -1.37. The first kappa shape index (κ1) is 15.0. The summed E-state index contributed by atoms with van der Waals surface area (Å²) in [5.41, 5.74) is 1.85. The second-order valence-electron chi connectivity index (χ2n) is 5.55. The summed E-state index contributed by atoms with van der Waals surface area (Å²) in [5, 5.41) is 12.4. The minimum Gasteiger partial charge on any atom is -0.374 e. The number of benzene rings is 1. The van der Waals surface area contributed by atoms with Gasteiger partial charge in [-0.25, -0.2) is 0 Å². The molecule has 0 aromatic heterocycles. The van der Waals surface area contributed by atoms with E-state index in [1.165, 1.54) is 19.3 Å². The molecule has 1 aliphatic carbocycles. The van der Waals surface area contributed by atoms with E-state index < -0.39 is 0 Å². The number of hydrogen-bond donors (Lipinski definition) is 1. The van der Waals surface area contributed by atoms with E-state index in [0.717, 1.165) is 24.9 Å². The zero-order valence-corrected chi connectivity index (χ0v) is 12.3. The van der Waals surface area contributed by atoms with Crippen LogP contribution in [0.15, 0.2) is 24.3 Å². The predicted molar refractivity (Wildman–Crippen MR) is 80.3 cm³/mol. The highest BCUT2D eigenvalue weighted by Gasteiger charge is 2.20. The largest absolute Gasteiger partial charge is 0.374 e. The first-order chi connectivity index (χ1) is 9.81. The molecule has 1 fully saturated rings. The van der Waals surface area contributed by atoms with Crippen LogP contribution in [0, 0.1) is 11.3 Å². The molecule has 1 aliphatic rings. The normalized spacial score (nSPS) is 22.4. The Bertz CT molecular complexity index is 427. The number of nitriles is 1. The highest BCUT2D eigenvalue weighted by Crippen LogP contribution is 2.22. The summed E-state index contributed by atoms with van der Waals surface area (Å²) in [6, 6.07) is 10.5. The standard InChI is InChI=1S/C17H24N2O/c1-2-11-19-16-7-9-17(10-8-16)20-13-15-5-3-14(12-18)4-6-15/h3-6,16-17,19H,2,7-11,13H2,1H3. The predicted octanol–water partition coefficient (Wildman–Crippen LogP) is 3.39. The van der Waals surface area contributed by atoms with Crippen LogP contribution in [-0.4, -0.2) is 18.7 Å². The summed E-state index contributed by atoms with van der Waals surface area (Å²) in [6.45, 7) is 3.99. The third kappa shape index (κ3) is 4.63. The molecule has 0 bridgehead atoms. The molecule has 2 rings (SSSR count). The van der Waals surface area contributed by atoms with Crippen LogP contribution in [0.25, 0.3) is 0 Å². The van der Waals surface area contributed by atoms with Crippen LogP contribution in [0.5, 0.6) is 0 Å². The lowest BCUT2D eigenvalue weighted by Gasteiger charge is -2.29. The van der Waals surface area contributed by atoms with Crippen LogP contribution >= 0.6 is 0 Å². The third-order valence-electron chi connectivity index (χ3n) is 3.93. The molecule has 0 saturated heterocycles. The van der Waals surface area contributed by atoms with Gasteiger partial charge in [-0.15, -0.1) is 0 Å². The molecule has 0 unspecified atom stereocenters. The van der Waals surface area contributed by atoms with Gasteiger partial charge in [0.15, 0.2) is 0 Å². The van der Waals surface area contributed by atoms with Gasteiger partial charge in [0.05, 0.1) is 24.3 Å². The zero-order valence-electron chi connectivity index (χ0n) is 12.3. The van der Waals surface area contributed by atoms with Crippen molar-refractivity contribution in [1.29, 1.82) is 5.26 Å². The van der Waals surface area contributed by atoms with E-state index in [1.807, 2.05) is 24.3 Å². The quantitative estimate of drug-likeness (QED) is 0.863. The number of hydrogen-bond acceptors (Lipinski definition) is 3. The van der Waals surface area contributed by atoms with Crippen molar-refractivity contribution in [3.05, 3.63) is 35.4 Å². The van der Waals surface area contributed by atoms with Crippen LogP contribution in [0.2, 0.25) is 0 Å². The maximum Gasteiger partial charge on any atom is 0.0991 e. The van der Waals surface area contributed by atoms with Crippen molar-refractivity contribution in [1.82, 2.24) is 5.32 Å². The van der Waals surface area contributed by atoms with E-state index in [0.29, 0.717) is 24.3 Å². The van der Waals surface area contributed by atoms with E-state index in [4.69, 9.17) is 10.00 Å². The van der Waals surface area contributed by atoms with Gasteiger partial charge < -0.3 is 10.1 Å². The molecule has 1 N–H and O–H groups in total. The molecule has 1 aromatic carbocycles. The van der Waals surface area contributed by atoms with Gasteiger partial charge >= 0.3 is 0 Å². The summed E-state index contributed by atoms with van der Waals surface area (Å²) in [5.74, 6) is 0. The van der Waals surface area contributed by atoms with Crippen LogP contribution in [0.3, 0.4) is 0 Å². The number of ether oxygens (including phenoxy) is 1. The highest BCUT2D eigenvalue weighted by molar-refractivity contribution is 5.31. The lowest BCUT2D eigenvalue weighted by molar-refractivity contribution is 0.0114. The molecule has 0 spiro atoms. The molecule has 0 heterocycles. The lowest BCUT2D eigenvalue weighted by atomic mass is 9.93. The SMILES string of the molecule is CCCNC1CCC(OCc2ccc(C#N)cc2)CC1. The molecule has 20 heavy (non-hydrogen) atoms. The van der Waals surface area contributed by atoms with Gasteiger partial charge in [-0.2, -0.15) is 5.26 Å². The van der Waals surface area contributed by atoms with E-state index >= 15 is 0 Å². The topological polar surface area (TPSA) is 45.0 Å². The van der Waals surface area contributed by atoms with E-state index in [2.05, 4.69) is 18.3 Å². The Labute approximate surface area is 121 Å². The van der Waals surface area contributed by atoms with E-state index in [1.54, 1.807) is 0 Å². The maximum absolute atomic E-state index is 8.76. The molecule has 0 amide bonds. The summed E-state index contributed by atoms with van der Waals surface area (Å²) in [4.78, 5) is 0. The second kappa shape index (κ2) is 8.04. The minimum atomic E-state index is 0.394. The Morgan fingerprint density at radius 3 is 2.50 bits per heavy atom. The Kier molecular flexibility index (Phi) is 6.04. The Morgan fingerprint density at radius 1 is 1.20 bits per heavy atom. The maximum atomic E-state index is 8.76. The monoisotopic (exact) mass is 272 g/mol. The minimum absolute atomic E-state index is 0.394. The van der Waals surface area contributed by atoms with Gasteiger partial charge in [0.1, 0.15) is 0 Å². The summed E-state index contributed by atoms with van der Waals surface area (Å²) in [7, 11) is 0. The van der Waals surface area contributed by atoms with Crippen molar-refractivity contribution in [3.63, 3.8) is 0 Å². The lowest BCUT2D eigenvalue weighted by Crippen LogP contribution is -2.35. The smallest absolute Gasteiger partial charge is 0.0991 e. The van der Waals surface area contributed by atoms with Crippen molar-refractivity contribution in [3.8, 4) is 6.07 Å². The summed E-state index contributed by atoms with van der Waals surface area (Å²) in [6.07, 6.45) is 6.34. The van der Waals surface area contributed by atoms with Gasteiger partial charge in [-0.05, 0) is 56.3 Å². The fourth-order valence-corrected chi connectivity index (χ4v) is 2.67. The number of nitrogens with zero attached hydrogens (tertiary/aromatic N) is 1. The molecule has 0 atom stereocenters. The average molecular weight is 272 g/mol. The Balaban J connectivity index is 1.69. The zero-order chi connectivity index (χ0) is 14.2. The van der Waals surface area contributed by atoms with Crippen molar-refractivity contribution in [2.24, 2.45) is 0 Å². The van der Waals surface area contributed by atoms with Gasteiger partial charge in [0, 0.05) is 6.04 Å². The first-order valence-corrected chi connectivity index (χ1v) is 7.66. The van der Waals surface area contributed by atoms with Gasteiger partial charge in [0.25, 0.3) is 0 Å². The molecular formula is C17H24N2O. The third-order valence-corrected chi connectivity index (χ3v) is 3.93. The van der Waals surface area contributed by atoms with Gasteiger partial charge in [-0.1, -0.05) is 19.1 Å². The van der Waals surface area contributed by atoms with Crippen molar-refractivity contribution in [2.75, 3.05) is 6.54 Å². The van der Waals surface area contributed by atoms with Gasteiger partial charge in [-0.3, -0.25) is 0 Å². The molecule has 0 aliphatic heterocycles. The number of nitrogens with one attached hydrogen (secondary N) is 1. The van der Waals surface area contributed by atoms with E-state index in [9.17, 15) is 0 Å². The van der Waals surface area contributed by atoms with Crippen LogP contribution in [0.4, 0.5) is 0 Å². The Morgan fingerprint density at radius 2 is 1.90 bits per heavy atom. The van der Waals surface area contributed by atoms with Crippen molar-refractivity contribution < 1.29 is 4.74 Å². The first-order valence-electron chi connectivity index (χ1n) is 7.66. The molecule has 3 nitrogen and oxygen atoms in total. The fraction of sp³-hybridized carbons (Fsp3) is 0.588. The molecule has 108 valence electrons. The van der Waals surface area contributed by atoms with E-state index in [-0.39, 0.29) is 0 Å². The molecular weight excluding hydrogens is 248 g/mol. The van der Waals surface area contributed by atoms with Gasteiger partial charge in [0.2, 0.25) is 0 Å². The molecule has 1 saturated carbocycles. The van der Waals surface area contributed by atoms with Crippen LogP contribution in [-0.2, 0) is 11.3 Å². The molecule has 3 heteroatoms. The fourth-order valence-electron chi connectivity index (χ4n) is 2.67. The molecule has 0 radical (unpaired) electrons.